The number of anilines is 2. The van der Waals surface area contributed by atoms with Gasteiger partial charge < -0.3 is 15.4 Å². The number of ether oxygens (including phenoxy) is 1. The lowest BCUT2D eigenvalue weighted by molar-refractivity contribution is -0.114. The van der Waals surface area contributed by atoms with Crippen molar-refractivity contribution in [3.63, 3.8) is 0 Å². The summed E-state index contributed by atoms with van der Waals surface area (Å²) in [6.45, 7) is 2.26. The molecule has 2 N–H and O–H groups in total. The third-order valence-corrected chi connectivity index (χ3v) is 3.45. The summed E-state index contributed by atoms with van der Waals surface area (Å²) in [6, 6.07) is 15.8. The Labute approximate surface area is 124 Å². The first kappa shape index (κ1) is 13.5. The first-order valence-corrected chi connectivity index (χ1v) is 7.07. The van der Waals surface area contributed by atoms with Crippen molar-refractivity contribution in [2.75, 3.05) is 17.2 Å². The van der Waals surface area contributed by atoms with Crippen molar-refractivity contribution < 1.29 is 9.53 Å². The largest absolute Gasteiger partial charge is 0.488 e. The van der Waals surface area contributed by atoms with Crippen LogP contribution in [0.1, 0.15) is 12.5 Å². The number of hydrogen-bond acceptors (Lipinski definition) is 3. The summed E-state index contributed by atoms with van der Waals surface area (Å²) in [5.41, 5.74) is 3.09. The van der Waals surface area contributed by atoms with Crippen LogP contribution in [0.2, 0.25) is 0 Å². The number of amides is 1. The Kier molecular flexibility index (Phi) is 3.77. The van der Waals surface area contributed by atoms with E-state index in [4.69, 9.17) is 4.74 Å². The van der Waals surface area contributed by atoms with E-state index in [0.717, 1.165) is 30.1 Å². The first-order valence-electron chi connectivity index (χ1n) is 7.07. The molecule has 3 rings (SSSR count). The molecule has 0 saturated carbocycles. The van der Waals surface area contributed by atoms with Crippen LogP contribution in [0.4, 0.5) is 11.4 Å². The smallest absolute Gasteiger partial charge is 0.221 e. The zero-order valence-corrected chi connectivity index (χ0v) is 11.9. The van der Waals surface area contributed by atoms with Gasteiger partial charge >= 0.3 is 0 Å². The maximum atomic E-state index is 11.0. The summed E-state index contributed by atoms with van der Waals surface area (Å²) in [5, 5.41) is 6.11. The van der Waals surface area contributed by atoms with Gasteiger partial charge in [-0.3, -0.25) is 4.79 Å². The zero-order chi connectivity index (χ0) is 14.7. The van der Waals surface area contributed by atoms with Crippen molar-refractivity contribution in [3.05, 3.63) is 54.1 Å². The number of nitrogens with one attached hydrogen (secondary N) is 2. The third-order valence-electron chi connectivity index (χ3n) is 3.45. The van der Waals surface area contributed by atoms with Crippen LogP contribution in [-0.2, 0) is 11.2 Å². The summed E-state index contributed by atoms with van der Waals surface area (Å²) in [6.07, 6.45) is 1.10. The highest BCUT2D eigenvalue weighted by Crippen LogP contribution is 2.28. The van der Waals surface area contributed by atoms with Crippen molar-refractivity contribution in [1.82, 2.24) is 0 Å². The first-order chi connectivity index (χ1) is 10.2. The number of fused-ring (bicyclic) bond motifs is 1. The molecule has 4 heteroatoms. The van der Waals surface area contributed by atoms with Crippen LogP contribution < -0.4 is 15.4 Å². The third kappa shape index (κ3) is 3.34. The molecule has 0 fully saturated rings. The molecular formula is C17H18N2O2. The van der Waals surface area contributed by atoms with Gasteiger partial charge in [0.2, 0.25) is 5.91 Å². The van der Waals surface area contributed by atoms with Gasteiger partial charge in [-0.05, 0) is 35.9 Å². The molecule has 1 atom stereocenters. The molecule has 1 heterocycles. The predicted molar refractivity (Wildman–Crippen MR) is 83.8 cm³/mol. The van der Waals surface area contributed by atoms with Gasteiger partial charge in [0.1, 0.15) is 11.9 Å². The topological polar surface area (TPSA) is 50.4 Å². The fourth-order valence-electron chi connectivity index (χ4n) is 2.47. The van der Waals surface area contributed by atoms with Gasteiger partial charge in [-0.1, -0.05) is 18.2 Å². The van der Waals surface area contributed by atoms with E-state index in [1.807, 2.05) is 42.5 Å². The highest BCUT2D eigenvalue weighted by molar-refractivity contribution is 5.88. The molecule has 2 aromatic carbocycles. The van der Waals surface area contributed by atoms with Crippen LogP contribution in [0.15, 0.2) is 48.5 Å². The lowest BCUT2D eigenvalue weighted by Crippen LogP contribution is -2.23. The number of carbonyl (C=O) groups is 1. The van der Waals surface area contributed by atoms with E-state index < -0.39 is 0 Å². The number of hydrogen-bond donors (Lipinski definition) is 2. The minimum absolute atomic E-state index is 0.0622. The summed E-state index contributed by atoms with van der Waals surface area (Å²) in [5.74, 6) is 0.929. The Morgan fingerprint density at radius 1 is 1.14 bits per heavy atom. The number of para-hydroxylation sites is 1. The fraction of sp³-hybridized carbons (Fsp3) is 0.235. The Balaban J connectivity index is 1.53. The molecule has 1 unspecified atom stereocenters. The van der Waals surface area contributed by atoms with E-state index in [0.29, 0.717) is 0 Å². The van der Waals surface area contributed by atoms with E-state index >= 15 is 0 Å². The molecule has 21 heavy (non-hydrogen) atoms. The molecule has 1 aliphatic rings. The number of benzene rings is 2. The van der Waals surface area contributed by atoms with E-state index in [2.05, 4.69) is 16.7 Å². The second-order valence-corrected chi connectivity index (χ2v) is 5.19. The molecule has 108 valence electrons. The molecule has 4 nitrogen and oxygen atoms in total. The minimum Gasteiger partial charge on any atom is -0.488 e. The average molecular weight is 282 g/mol. The second kappa shape index (κ2) is 5.87. The minimum atomic E-state index is -0.0622. The molecule has 0 saturated heterocycles. The van der Waals surface area contributed by atoms with Crippen LogP contribution in [0, 0.1) is 0 Å². The Morgan fingerprint density at radius 3 is 2.57 bits per heavy atom. The van der Waals surface area contributed by atoms with Gasteiger partial charge in [-0.2, -0.15) is 0 Å². The van der Waals surface area contributed by atoms with Crippen LogP contribution >= 0.6 is 0 Å². The molecule has 0 spiro atoms. The van der Waals surface area contributed by atoms with Crippen molar-refractivity contribution >= 4 is 17.3 Å². The van der Waals surface area contributed by atoms with Crippen LogP contribution in [-0.4, -0.2) is 18.6 Å². The van der Waals surface area contributed by atoms with E-state index in [1.54, 1.807) is 0 Å². The molecule has 1 aliphatic heterocycles. The van der Waals surface area contributed by atoms with Crippen LogP contribution in [0.25, 0.3) is 0 Å². The summed E-state index contributed by atoms with van der Waals surface area (Å²) < 4.78 is 5.89. The highest BCUT2D eigenvalue weighted by atomic mass is 16.5. The average Bonchev–Trinajstić information content (AvgIpc) is 2.89. The second-order valence-electron chi connectivity index (χ2n) is 5.19. The van der Waals surface area contributed by atoms with Gasteiger partial charge in [-0.25, -0.2) is 0 Å². The molecule has 0 radical (unpaired) electrons. The van der Waals surface area contributed by atoms with E-state index in [1.165, 1.54) is 12.5 Å². The standard InChI is InChI=1S/C17H18N2O2/c1-12(20)19-15-8-6-14(7-9-15)18-11-16-10-13-4-2-3-5-17(13)21-16/h2-9,16,18H,10-11H2,1H3,(H,19,20). The lowest BCUT2D eigenvalue weighted by Gasteiger charge is -2.13. The van der Waals surface area contributed by atoms with Gasteiger partial charge in [0.05, 0.1) is 6.54 Å². The van der Waals surface area contributed by atoms with Crippen molar-refractivity contribution in [2.45, 2.75) is 19.4 Å². The SMILES string of the molecule is CC(=O)Nc1ccc(NCC2Cc3ccccc3O2)cc1. The summed E-state index contributed by atoms with van der Waals surface area (Å²) in [7, 11) is 0. The maximum Gasteiger partial charge on any atom is 0.221 e. The van der Waals surface area contributed by atoms with Crippen molar-refractivity contribution in [1.29, 1.82) is 0 Å². The number of rotatable bonds is 4. The quantitative estimate of drug-likeness (QED) is 0.906. The van der Waals surface area contributed by atoms with Crippen LogP contribution in [0.3, 0.4) is 0 Å². The molecule has 0 bridgehead atoms. The Bertz CT molecular complexity index is 612. The molecular weight excluding hydrogens is 264 g/mol. The predicted octanol–water partition coefficient (Wildman–Crippen LogP) is 3.06. The highest BCUT2D eigenvalue weighted by Gasteiger charge is 2.21. The molecule has 1 amide bonds. The number of carbonyl (C=O) groups excluding carboxylic acids is 1. The van der Waals surface area contributed by atoms with Gasteiger partial charge in [0.25, 0.3) is 0 Å². The Morgan fingerprint density at radius 2 is 1.86 bits per heavy atom. The zero-order valence-electron chi connectivity index (χ0n) is 11.9. The maximum absolute atomic E-state index is 11.0. The van der Waals surface area contributed by atoms with Gasteiger partial charge in [0, 0.05) is 24.7 Å². The summed E-state index contributed by atoms with van der Waals surface area (Å²) >= 11 is 0. The van der Waals surface area contributed by atoms with Crippen LogP contribution in [0.5, 0.6) is 5.75 Å². The van der Waals surface area contributed by atoms with Gasteiger partial charge in [-0.15, -0.1) is 0 Å². The molecule has 2 aromatic rings. The monoisotopic (exact) mass is 282 g/mol. The van der Waals surface area contributed by atoms with E-state index in [9.17, 15) is 4.79 Å². The summed E-state index contributed by atoms with van der Waals surface area (Å²) in [4.78, 5) is 11.0. The van der Waals surface area contributed by atoms with E-state index in [-0.39, 0.29) is 12.0 Å². The Hall–Kier alpha value is -2.49. The van der Waals surface area contributed by atoms with Gasteiger partial charge in [0.15, 0.2) is 0 Å². The lowest BCUT2D eigenvalue weighted by atomic mass is 10.1. The normalized spacial score (nSPS) is 16.0. The van der Waals surface area contributed by atoms with Crippen molar-refractivity contribution in [2.24, 2.45) is 0 Å². The molecule has 0 aromatic heterocycles. The fourth-order valence-corrected chi connectivity index (χ4v) is 2.47. The molecule has 0 aliphatic carbocycles. The van der Waals surface area contributed by atoms with Crippen molar-refractivity contribution in [3.8, 4) is 5.75 Å².